The van der Waals surface area contributed by atoms with Gasteiger partial charge in [0.2, 0.25) is 10.0 Å². The van der Waals surface area contributed by atoms with Crippen LogP contribution in [0, 0.1) is 0 Å². The smallest absolute Gasteiger partial charge is 0.423 e. The minimum atomic E-state index is -3.61. The van der Waals surface area contributed by atoms with E-state index in [1.54, 1.807) is 20.8 Å². The van der Waals surface area contributed by atoms with Crippen molar-refractivity contribution in [2.24, 2.45) is 0 Å². The van der Waals surface area contributed by atoms with E-state index in [1.165, 1.54) is 7.05 Å². The molecule has 1 amide bonds. The number of hydrogen-bond donors (Lipinski definition) is 1. The summed E-state index contributed by atoms with van der Waals surface area (Å²) in [4.78, 5) is 11.8. The third-order valence-corrected chi connectivity index (χ3v) is 4.97. The van der Waals surface area contributed by atoms with Crippen LogP contribution in [0.1, 0.15) is 33.6 Å². The summed E-state index contributed by atoms with van der Waals surface area (Å²) < 4.78 is 30.2. The van der Waals surface area contributed by atoms with E-state index in [2.05, 4.69) is 5.32 Å². The first-order valence-electron chi connectivity index (χ1n) is 6.06. The lowest BCUT2D eigenvalue weighted by molar-refractivity contribution is 0.0418. The molecule has 0 saturated carbocycles. The van der Waals surface area contributed by atoms with Gasteiger partial charge in [-0.1, -0.05) is 0 Å². The lowest BCUT2D eigenvalue weighted by Gasteiger charge is -2.29. The summed E-state index contributed by atoms with van der Waals surface area (Å²) in [5.74, 6) is 0. The molecule has 0 unspecified atom stereocenters. The topological polar surface area (TPSA) is 75.7 Å². The Bertz CT molecular complexity index is 394. The van der Waals surface area contributed by atoms with Crippen molar-refractivity contribution in [1.82, 2.24) is 9.62 Å². The zero-order chi connectivity index (χ0) is 14.0. The van der Waals surface area contributed by atoms with Crippen LogP contribution in [0.2, 0.25) is 0 Å². The summed E-state index contributed by atoms with van der Waals surface area (Å²) in [6.45, 7) is 6.43. The van der Waals surface area contributed by atoms with E-state index in [1.807, 2.05) is 0 Å². The van der Waals surface area contributed by atoms with Crippen LogP contribution in [0.5, 0.6) is 0 Å². The Labute approximate surface area is 109 Å². The molecule has 0 aromatic carbocycles. The van der Waals surface area contributed by atoms with Gasteiger partial charge >= 0.3 is 6.09 Å². The zero-order valence-electron chi connectivity index (χ0n) is 11.4. The van der Waals surface area contributed by atoms with E-state index in [0.717, 1.165) is 4.31 Å². The predicted octanol–water partition coefficient (Wildman–Crippen LogP) is 0.935. The molecule has 7 heteroatoms. The molecule has 1 saturated heterocycles. The largest absolute Gasteiger partial charge is 0.443 e. The first-order valence-corrected chi connectivity index (χ1v) is 7.56. The van der Waals surface area contributed by atoms with Gasteiger partial charge in [0.25, 0.3) is 0 Å². The lowest BCUT2D eigenvalue weighted by atomic mass is 10.2. The summed E-state index contributed by atoms with van der Waals surface area (Å²) in [5, 5.41) is 2.59. The number of rotatable bonds is 2. The monoisotopic (exact) mass is 278 g/mol. The number of nitrogens with zero attached hydrogens (tertiary/aromatic N) is 1. The van der Waals surface area contributed by atoms with Crippen molar-refractivity contribution in [3.05, 3.63) is 0 Å². The maximum atomic E-state index is 12.2. The number of hydrogen-bond acceptors (Lipinski definition) is 5. The number of sulfonamides is 1. The maximum absolute atomic E-state index is 12.2. The van der Waals surface area contributed by atoms with Crippen molar-refractivity contribution < 1.29 is 17.9 Å². The van der Waals surface area contributed by atoms with Crippen molar-refractivity contribution in [2.75, 3.05) is 20.1 Å². The van der Waals surface area contributed by atoms with Gasteiger partial charge in [0.1, 0.15) is 5.60 Å². The Morgan fingerprint density at radius 3 is 2.22 bits per heavy atom. The lowest BCUT2D eigenvalue weighted by Crippen LogP contribution is -2.46. The van der Waals surface area contributed by atoms with E-state index in [0.29, 0.717) is 25.9 Å². The molecule has 0 radical (unpaired) electrons. The molecule has 0 aliphatic carbocycles. The Hall–Kier alpha value is -0.820. The minimum Gasteiger partial charge on any atom is -0.443 e. The van der Waals surface area contributed by atoms with Crippen molar-refractivity contribution in [1.29, 1.82) is 0 Å². The molecule has 1 aliphatic heterocycles. The Balaban J connectivity index is 2.75. The van der Waals surface area contributed by atoms with Crippen molar-refractivity contribution in [3.63, 3.8) is 0 Å². The molecule has 1 heterocycles. The molecule has 0 aromatic rings. The van der Waals surface area contributed by atoms with E-state index in [-0.39, 0.29) is 0 Å². The molecule has 1 fully saturated rings. The van der Waals surface area contributed by atoms with Crippen LogP contribution >= 0.6 is 0 Å². The van der Waals surface area contributed by atoms with Crippen LogP contribution in [0.15, 0.2) is 0 Å². The van der Waals surface area contributed by atoms with Crippen molar-refractivity contribution >= 4 is 16.1 Å². The maximum Gasteiger partial charge on any atom is 0.423 e. The SMILES string of the molecule is CN(C(=O)OC(C)(C)C)S(=O)(=O)C1CCNCC1. The molecule has 0 bridgehead atoms. The molecule has 18 heavy (non-hydrogen) atoms. The molecule has 0 aromatic heterocycles. The van der Waals surface area contributed by atoms with Crippen molar-refractivity contribution in [2.45, 2.75) is 44.5 Å². The minimum absolute atomic E-state index is 0.503. The quantitative estimate of drug-likeness (QED) is 0.813. The molecular formula is C11H22N2O4S. The van der Waals surface area contributed by atoms with Crippen LogP contribution < -0.4 is 5.32 Å². The summed E-state index contributed by atoms with van der Waals surface area (Å²) in [7, 11) is -2.36. The summed E-state index contributed by atoms with van der Waals surface area (Å²) in [5.41, 5.74) is -0.699. The van der Waals surface area contributed by atoms with Gasteiger partial charge in [-0.2, -0.15) is 0 Å². The third kappa shape index (κ3) is 3.84. The van der Waals surface area contributed by atoms with Crippen LogP contribution in [0.25, 0.3) is 0 Å². The number of carbonyl (C=O) groups excluding carboxylic acids is 1. The van der Waals surface area contributed by atoms with Gasteiger partial charge in [0.15, 0.2) is 0 Å². The van der Waals surface area contributed by atoms with Crippen LogP contribution in [0.3, 0.4) is 0 Å². The van der Waals surface area contributed by atoms with Crippen LogP contribution in [-0.4, -0.2) is 49.8 Å². The highest BCUT2D eigenvalue weighted by Gasteiger charge is 2.35. The van der Waals surface area contributed by atoms with Gasteiger partial charge < -0.3 is 10.1 Å². The predicted molar refractivity (Wildman–Crippen MR) is 68.8 cm³/mol. The highest BCUT2D eigenvalue weighted by atomic mass is 32.2. The number of carbonyl (C=O) groups is 1. The van der Waals surface area contributed by atoms with Gasteiger partial charge in [0.05, 0.1) is 5.25 Å². The van der Waals surface area contributed by atoms with Gasteiger partial charge in [-0.25, -0.2) is 17.5 Å². The molecule has 1 N–H and O–H groups in total. The second kappa shape index (κ2) is 5.44. The molecule has 0 spiro atoms. The Morgan fingerprint density at radius 2 is 1.78 bits per heavy atom. The van der Waals surface area contributed by atoms with Gasteiger partial charge in [-0.3, -0.25) is 0 Å². The molecular weight excluding hydrogens is 256 g/mol. The first-order chi connectivity index (χ1) is 8.14. The molecule has 106 valence electrons. The molecule has 1 rings (SSSR count). The van der Waals surface area contributed by atoms with Gasteiger partial charge in [0, 0.05) is 7.05 Å². The van der Waals surface area contributed by atoms with E-state index in [9.17, 15) is 13.2 Å². The normalized spacial score (nSPS) is 18.4. The second-order valence-electron chi connectivity index (χ2n) is 5.44. The van der Waals surface area contributed by atoms with Crippen LogP contribution in [0.4, 0.5) is 4.79 Å². The zero-order valence-corrected chi connectivity index (χ0v) is 12.2. The number of piperidine rings is 1. The van der Waals surface area contributed by atoms with E-state index < -0.39 is 27.0 Å². The Kier molecular flexibility index (Phi) is 4.61. The van der Waals surface area contributed by atoms with Gasteiger partial charge in [-0.15, -0.1) is 0 Å². The third-order valence-electron chi connectivity index (χ3n) is 2.74. The highest BCUT2D eigenvalue weighted by molar-refractivity contribution is 7.90. The summed E-state index contributed by atoms with van der Waals surface area (Å²) >= 11 is 0. The first kappa shape index (κ1) is 15.2. The fraction of sp³-hybridized carbons (Fsp3) is 0.909. The van der Waals surface area contributed by atoms with E-state index in [4.69, 9.17) is 4.74 Å². The number of nitrogens with one attached hydrogen (secondary N) is 1. The summed E-state index contributed by atoms with van der Waals surface area (Å²) in [6, 6.07) is 0. The van der Waals surface area contributed by atoms with Gasteiger partial charge in [-0.05, 0) is 46.7 Å². The van der Waals surface area contributed by atoms with E-state index >= 15 is 0 Å². The second-order valence-corrected chi connectivity index (χ2v) is 7.69. The molecule has 6 nitrogen and oxygen atoms in total. The van der Waals surface area contributed by atoms with Crippen molar-refractivity contribution in [3.8, 4) is 0 Å². The fourth-order valence-corrected chi connectivity index (χ4v) is 3.27. The average Bonchev–Trinajstić information content (AvgIpc) is 2.27. The molecule has 0 atom stereocenters. The average molecular weight is 278 g/mol. The Morgan fingerprint density at radius 1 is 1.28 bits per heavy atom. The fourth-order valence-electron chi connectivity index (χ4n) is 1.75. The molecule has 1 aliphatic rings. The number of amides is 1. The number of ether oxygens (including phenoxy) is 1. The standard InChI is InChI=1S/C11H22N2O4S/c1-11(2,3)17-10(14)13(4)18(15,16)9-5-7-12-8-6-9/h9,12H,5-8H2,1-4H3. The summed E-state index contributed by atoms with van der Waals surface area (Å²) in [6.07, 6.45) is 0.228. The highest BCUT2D eigenvalue weighted by Crippen LogP contribution is 2.19. The van der Waals surface area contributed by atoms with Crippen LogP contribution in [-0.2, 0) is 14.8 Å².